The van der Waals surface area contributed by atoms with Crippen LogP contribution in [0.4, 0.5) is 4.39 Å². The van der Waals surface area contributed by atoms with E-state index < -0.39 is 0 Å². The molecule has 18 heavy (non-hydrogen) atoms. The average Bonchev–Trinajstić information content (AvgIpc) is 2.99. The van der Waals surface area contributed by atoms with Crippen LogP contribution >= 0.6 is 0 Å². The van der Waals surface area contributed by atoms with Crippen molar-refractivity contribution in [2.45, 2.75) is 25.4 Å². The number of aryl methyl sites for hydroxylation is 1. The molecular weight excluding hydrogens is 231 g/mol. The van der Waals surface area contributed by atoms with Crippen LogP contribution in [0.3, 0.4) is 0 Å². The summed E-state index contributed by atoms with van der Waals surface area (Å²) >= 11 is 0. The molecule has 0 fully saturated rings. The highest BCUT2D eigenvalue weighted by Gasteiger charge is 2.21. The number of fused-ring (bicyclic) bond motifs is 1. The molecule has 1 aromatic carbocycles. The van der Waals surface area contributed by atoms with Crippen molar-refractivity contribution in [1.29, 1.82) is 0 Å². The minimum absolute atomic E-state index is 0.142. The molecule has 1 unspecified atom stereocenters. The molecule has 0 aliphatic heterocycles. The van der Waals surface area contributed by atoms with Crippen LogP contribution in [0.25, 0.3) is 0 Å². The molecule has 0 radical (unpaired) electrons. The minimum Gasteiger partial charge on any atom is -0.308 e. The van der Waals surface area contributed by atoms with Crippen molar-refractivity contribution in [2.75, 3.05) is 6.54 Å². The van der Waals surface area contributed by atoms with E-state index in [9.17, 15) is 4.39 Å². The molecule has 3 rings (SSSR count). The molecule has 1 aliphatic carbocycles. The van der Waals surface area contributed by atoms with Gasteiger partial charge in [0.25, 0.3) is 0 Å². The van der Waals surface area contributed by atoms with Gasteiger partial charge in [0.1, 0.15) is 5.82 Å². The lowest BCUT2D eigenvalue weighted by molar-refractivity contribution is 0.478. The van der Waals surface area contributed by atoms with Crippen molar-refractivity contribution in [3.8, 4) is 0 Å². The molecule has 0 bridgehead atoms. The number of hydrogen-bond acceptors (Lipinski definition) is 3. The van der Waals surface area contributed by atoms with E-state index in [-0.39, 0.29) is 5.82 Å². The summed E-state index contributed by atoms with van der Waals surface area (Å²) in [5.74, 6) is -0.142. The van der Waals surface area contributed by atoms with E-state index in [0.29, 0.717) is 6.04 Å². The second kappa shape index (κ2) is 4.86. The van der Waals surface area contributed by atoms with E-state index in [4.69, 9.17) is 0 Å². The van der Waals surface area contributed by atoms with Gasteiger partial charge in [-0.2, -0.15) is 0 Å². The third kappa shape index (κ3) is 2.26. The summed E-state index contributed by atoms with van der Waals surface area (Å²) in [4.78, 5) is 0. The van der Waals surface area contributed by atoms with Gasteiger partial charge in [-0.05, 0) is 36.1 Å². The van der Waals surface area contributed by atoms with E-state index in [1.165, 1.54) is 11.6 Å². The molecule has 0 saturated carbocycles. The van der Waals surface area contributed by atoms with Gasteiger partial charge >= 0.3 is 0 Å². The molecule has 1 aliphatic rings. The number of benzene rings is 1. The summed E-state index contributed by atoms with van der Waals surface area (Å²) in [6.07, 6.45) is 5.51. The maximum atomic E-state index is 13.1. The summed E-state index contributed by atoms with van der Waals surface area (Å²) < 4.78 is 14.9. The van der Waals surface area contributed by atoms with Crippen LogP contribution < -0.4 is 5.32 Å². The molecule has 4 nitrogen and oxygen atoms in total. The van der Waals surface area contributed by atoms with Crippen LogP contribution in [0.5, 0.6) is 0 Å². The Balaban J connectivity index is 1.59. The summed E-state index contributed by atoms with van der Waals surface area (Å²) in [6.45, 7) is 1.64. The van der Waals surface area contributed by atoms with Crippen LogP contribution in [0.2, 0.25) is 0 Å². The van der Waals surface area contributed by atoms with E-state index in [2.05, 4.69) is 15.6 Å². The van der Waals surface area contributed by atoms with Crippen molar-refractivity contribution in [3.63, 3.8) is 0 Å². The second-order valence-corrected chi connectivity index (χ2v) is 4.55. The summed E-state index contributed by atoms with van der Waals surface area (Å²) in [5.41, 5.74) is 2.36. The quantitative estimate of drug-likeness (QED) is 0.892. The monoisotopic (exact) mass is 246 g/mol. The number of nitrogens with zero attached hydrogens (tertiary/aromatic N) is 3. The molecule has 1 N–H and O–H groups in total. The first kappa shape index (κ1) is 11.3. The summed E-state index contributed by atoms with van der Waals surface area (Å²) in [6, 6.07) is 5.42. The molecule has 1 heterocycles. The molecular formula is C13H15FN4. The molecule has 0 saturated heterocycles. The zero-order chi connectivity index (χ0) is 12.4. The van der Waals surface area contributed by atoms with E-state index >= 15 is 0 Å². The van der Waals surface area contributed by atoms with Crippen molar-refractivity contribution in [1.82, 2.24) is 20.3 Å². The molecule has 94 valence electrons. The first-order chi connectivity index (χ1) is 8.83. The molecule has 0 spiro atoms. The fourth-order valence-electron chi connectivity index (χ4n) is 2.50. The fraction of sp³-hybridized carbons (Fsp3) is 0.385. The fourth-order valence-corrected chi connectivity index (χ4v) is 2.50. The lowest BCUT2D eigenvalue weighted by atomic mass is 10.1. The van der Waals surface area contributed by atoms with Gasteiger partial charge in [-0.25, -0.2) is 4.39 Å². The zero-order valence-corrected chi connectivity index (χ0v) is 10.0. The Kier molecular flexibility index (Phi) is 3.06. The largest absolute Gasteiger partial charge is 0.308 e. The van der Waals surface area contributed by atoms with E-state index in [1.807, 2.05) is 12.3 Å². The van der Waals surface area contributed by atoms with Crippen LogP contribution in [0, 0.1) is 5.82 Å². The Morgan fingerprint density at radius 3 is 3.22 bits per heavy atom. The Labute approximate surface area is 105 Å². The normalized spacial score (nSPS) is 17.9. The highest BCUT2D eigenvalue weighted by atomic mass is 19.1. The molecule has 2 aromatic rings. The van der Waals surface area contributed by atoms with Crippen LogP contribution in [0.15, 0.2) is 30.6 Å². The van der Waals surface area contributed by atoms with Gasteiger partial charge in [0.05, 0.1) is 12.7 Å². The van der Waals surface area contributed by atoms with Gasteiger partial charge in [-0.3, -0.25) is 4.68 Å². The Hall–Kier alpha value is -1.75. The first-order valence-corrected chi connectivity index (χ1v) is 6.19. The molecule has 1 atom stereocenters. The van der Waals surface area contributed by atoms with Gasteiger partial charge < -0.3 is 5.32 Å². The maximum Gasteiger partial charge on any atom is 0.123 e. The van der Waals surface area contributed by atoms with E-state index in [1.54, 1.807) is 16.9 Å². The van der Waals surface area contributed by atoms with Crippen LogP contribution in [0.1, 0.15) is 23.6 Å². The average molecular weight is 246 g/mol. The smallest absolute Gasteiger partial charge is 0.123 e. The Morgan fingerprint density at radius 2 is 2.39 bits per heavy atom. The first-order valence-electron chi connectivity index (χ1n) is 6.19. The zero-order valence-electron chi connectivity index (χ0n) is 10.0. The van der Waals surface area contributed by atoms with Crippen molar-refractivity contribution >= 4 is 0 Å². The van der Waals surface area contributed by atoms with Crippen molar-refractivity contribution in [3.05, 3.63) is 47.5 Å². The third-order valence-corrected chi connectivity index (χ3v) is 3.39. The van der Waals surface area contributed by atoms with Gasteiger partial charge in [-0.15, -0.1) is 5.10 Å². The van der Waals surface area contributed by atoms with Gasteiger partial charge in [0.2, 0.25) is 0 Å². The molecule has 1 aromatic heterocycles. The highest BCUT2D eigenvalue weighted by molar-refractivity contribution is 5.34. The van der Waals surface area contributed by atoms with Crippen molar-refractivity contribution < 1.29 is 4.39 Å². The Bertz CT molecular complexity index is 524. The number of nitrogens with one attached hydrogen (secondary N) is 1. The maximum absolute atomic E-state index is 13.1. The SMILES string of the molecule is Fc1ccc2c(c1)CCC2NCCn1ccnn1. The predicted molar refractivity (Wildman–Crippen MR) is 65.5 cm³/mol. The minimum atomic E-state index is -0.142. The third-order valence-electron chi connectivity index (χ3n) is 3.39. The van der Waals surface area contributed by atoms with Gasteiger partial charge in [0, 0.05) is 18.8 Å². The standard InChI is InChI=1S/C13H15FN4/c14-11-2-3-12-10(9-11)1-4-13(12)15-5-7-18-8-6-16-17-18/h2-3,6,8-9,13,15H,1,4-5,7H2. The van der Waals surface area contributed by atoms with Crippen LogP contribution in [-0.2, 0) is 13.0 Å². The lowest BCUT2D eigenvalue weighted by Gasteiger charge is -2.13. The topological polar surface area (TPSA) is 42.7 Å². The molecule has 5 heteroatoms. The Morgan fingerprint density at radius 1 is 1.44 bits per heavy atom. The summed E-state index contributed by atoms with van der Waals surface area (Å²) in [7, 11) is 0. The lowest BCUT2D eigenvalue weighted by Crippen LogP contribution is -2.24. The van der Waals surface area contributed by atoms with Gasteiger partial charge in [-0.1, -0.05) is 11.3 Å². The van der Waals surface area contributed by atoms with Crippen LogP contribution in [-0.4, -0.2) is 21.5 Å². The second-order valence-electron chi connectivity index (χ2n) is 4.55. The van der Waals surface area contributed by atoms with Gasteiger partial charge in [0.15, 0.2) is 0 Å². The van der Waals surface area contributed by atoms with E-state index in [0.717, 1.165) is 31.5 Å². The number of halogens is 1. The number of aromatic nitrogens is 3. The van der Waals surface area contributed by atoms with Crippen molar-refractivity contribution in [2.24, 2.45) is 0 Å². The number of hydrogen-bond donors (Lipinski definition) is 1. The highest BCUT2D eigenvalue weighted by Crippen LogP contribution is 2.31. The predicted octanol–water partition coefficient (Wildman–Crippen LogP) is 1.69. The number of rotatable bonds is 4. The summed E-state index contributed by atoms with van der Waals surface area (Å²) in [5, 5.41) is 11.2. The molecule has 0 amide bonds.